The average molecular weight is 751 g/mol. The highest BCUT2D eigenvalue weighted by Gasteiger charge is 2.37. The second-order valence-corrected chi connectivity index (χ2v) is 16.2. The van der Waals surface area contributed by atoms with E-state index < -0.39 is 36.6 Å². The molecule has 13 nitrogen and oxygen atoms in total. The molecule has 0 saturated heterocycles. The zero-order chi connectivity index (χ0) is 37.4. The predicted octanol–water partition coefficient (Wildman–Crippen LogP) is 7.75. The standard InChI is InChI=1S/C34H45F2N6O7PS/c1-33(2,3)48-50(44,49-34(4,5)6)47-13-11-42(7)10-9-12-46-29-19-27-26(18-28(29)45-8)31(39-21-38-27)41-32-37-20-25(51-32)17-30(43)40-24-15-22(35)14-23(36)16-24/h14-16,18-21H,9-13,17H2,1-8H3,(H,40,43)(H,37,38,39,41). The molecule has 0 spiro atoms. The van der Waals surface area contributed by atoms with Crippen molar-refractivity contribution in [3.8, 4) is 11.5 Å². The van der Waals surface area contributed by atoms with Gasteiger partial charge in [0.25, 0.3) is 0 Å². The van der Waals surface area contributed by atoms with Crippen LogP contribution in [0, 0.1) is 11.6 Å². The fourth-order valence-corrected chi connectivity index (χ4v) is 7.25. The van der Waals surface area contributed by atoms with Gasteiger partial charge in [0.1, 0.15) is 23.8 Å². The SMILES string of the molecule is COc1cc2c(Nc3ncc(CC(=O)Nc4cc(F)cc(F)c4)s3)ncnc2cc1OCCCN(C)CCOP(=O)(OC(C)(C)C)OC(C)(C)C. The predicted molar refractivity (Wildman–Crippen MR) is 193 cm³/mol. The summed E-state index contributed by atoms with van der Waals surface area (Å²) in [6.45, 7) is 12.5. The van der Waals surface area contributed by atoms with Crippen LogP contribution in [-0.2, 0) is 29.4 Å². The Bertz CT molecular complexity index is 1810. The van der Waals surface area contributed by atoms with Crippen LogP contribution < -0.4 is 20.1 Å². The Hall–Kier alpha value is -3.79. The minimum atomic E-state index is -3.78. The lowest BCUT2D eigenvalue weighted by atomic mass is 10.2. The van der Waals surface area contributed by atoms with Crippen LogP contribution in [0.25, 0.3) is 10.9 Å². The number of likely N-dealkylation sites (N-methyl/N-ethyl adjacent to an activating group) is 1. The van der Waals surface area contributed by atoms with Crippen LogP contribution in [-0.4, -0.2) is 77.4 Å². The number of halogens is 2. The number of fused-ring (bicyclic) bond motifs is 1. The van der Waals surface area contributed by atoms with Crippen LogP contribution >= 0.6 is 19.2 Å². The molecule has 17 heteroatoms. The molecule has 278 valence electrons. The molecule has 0 fully saturated rings. The summed E-state index contributed by atoms with van der Waals surface area (Å²) < 4.78 is 68.9. The second kappa shape index (κ2) is 17.2. The highest BCUT2D eigenvalue weighted by atomic mass is 32.1. The summed E-state index contributed by atoms with van der Waals surface area (Å²) in [6.07, 6.45) is 3.60. The van der Waals surface area contributed by atoms with Gasteiger partial charge in [-0.2, -0.15) is 0 Å². The van der Waals surface area contributed by atoms with E-state index in [1.165, 1.54) is 17.7 Å². The van der Waals surface area contributed by atoms with E-state index in [0.29, 0.717) is 64.3 Å². The van der Waals surface area contributed by atoms with Gasteiger partial charge in [-0.05, 0) is 73.2 Å². The number of carbonyl (C=O) groups excluding carboxylic acids is 1. The number of anilines is 3. The van der Waals surface area contributed by atoms with Crippen molar-refractivity contribution in [3.63, 3.8) is 0 Å². The van der Waals surface area contributed by atoms with E-state index in [4.69, 9.17) is 23.0 Å². The first-order valence-electron chi connectivity index (χ1n) is 16.2. The van der Waals surface area contributed by atoms with Crippen molar-refractivity contribution in [2.24, 2.45) is 0 Å². The zero-order valence-corrected chi connectivity index (χ0v) is 31.8. The second-order valence-electron chi connectivity index (χ2n) is 13.6. The van der Waals surface area contributed by atoms with Gasteiger partial charge in [-0.1, -0.05) is 0 Å². The Balaban J connectivity index is 1.30. The molecule has 0 unspecified atom stereocenters. The lowest BCUT2D eigenvalue weighted by Gasteiger charge is -2.31. The Labute approximate surface area is 300 Å². The minimum Gasteiger partial charge on any atom is -0.493 e. The Kier molecular flexibility index (Phi) is 13.4. The Morgan fingerprint density at radius 2 is 1.61 bits per heavy atom. The Morgan fingerprint density at radius 3 is 2.25 bits per heavy atom. The molecule has 0 radical (unpaired) electrons. The number of amides is 1. The van der Waals surface area contributed by atoms with Gasteiger partial charge >= 0.3 is 7.82 Å². The number of aromatic nitrogens is 3. The van der Waals surface area contributed by atoms with Gasteiger partial charge in [-0.3, -0.25) is 18.4 Å². The quantitative estimate of drug-likeness (QED) is 0.0804. The summed E-state index contributed by atoms with van der Waals surface area (Å²) in [5, 5.41) is 6.80. The fourth-order valence-electron chi connectivity index (χ4n) is 4.65. The average Bonchev–Trinajstić information content (AvgIpc) is 3.42. The van der Waals surface area contributed by atoms with Crippen LogP contribution in [0.2, 0.25) is 0 Å². The lowest BCUT2D eigenvalue weighted by Crippen LogP contribution is -2.28. The molecule has 51 heavy (non-hydrogen) atoms. The number of thiazole rings is 1. The first kappa shape index (κ1) is 40.0. The van der Waals surface area contributed by atoms with Crippen LogP contribution in [0.5, 0.6) is 11.5 Å². The number of nitrogens with one attached hydrogen (secondary N) is 2. The summed E-state index contributed by atoms with van der Waals surface area (Å²) in [7, 11) is -0.304. The molecule has 0 aliphatic rings. The van der Waals surface area contributed by atoms with Gasteiger partial charge in [0.2, 0.25) is 5.91 Å². The van der Waals surface area contributed by atoms with Crippen LogP contribution in [0.1, 0.15) is 52.8 Å². The van der Waals surface area contributed by atoms with Gasteiger partial charge in [-0.15, -0.1) is 11.3 Å². The van der Waals surface area contributed by atoms with Crippen LogP contribution in [0.4, 0.5) is 25.4 Å². The van der Waals surface area contributed by atoms with E-state index in [0.717, 1.165) is 18.2 Å². The van der Waals surface area contributed by atoms with Gasteiger partial charge in [0, 0.05) is 47.4 Å². The van der Waals surface area contributed by atoms with Crippen molar-refractivity contribution in [3.05, 3.63) is 59.4 Å². The number of hydrogen-bond donors (Lipinski definition) is 2. The number of rotatable bonds is 17. The van der Waals surface area contributed by atoms with E-state index in [9.17, 15) is 18.1 Å². The number of phosphoric acid groups is 1. The molecule has 2 N–H and O–H groups in total. The lowest BCUT2D eigenvalue weighted by molar-refractivity contribution is -0.115. The number of phosphoric ester groups is 1. The van der Waals surface area contributed by atoms with Gasteiger partial charge < -0.3 is 25.0 Å². The summed E-state index contributed by atoms with van der Waals surface area (Å²) >= 11 is 1.23. The first-order chi connectivity index (χ1) is 23.9. The van der Waals surface area contributed by atoms with Crippen molar-refractivity contribution in [1.82, 2.24) is 19.9 Å². The maximum absolute atomic E-state index is 13.5. The van der Waals surface area contributed by atoms with Crippen LogP contribution in [0.3, 0.4) is 0 Å². The topological polar surface area (TPSA) is 146 Å². The number of methoxy groups -OCH3 is 1. The van der Waals surface area contributed by atoms with E-state index in [-0.39, 0.29) is 18.7 Å². The summed E-state index contributed by atoms with van der Waals surface area (Å²) in [6, 6.07) is 6.36. The molecule has 0 saturated carbocycles. The maximum atomic E-state index is 13.5. The monoisotopic (exact) mass is 750 g/mol. The zero-order valence-electron chi connectivity index (χ0n) is 30.0. The highest BCUT2D eigenvalue weighted by Crippen LogP contribution is 2.55. The van der Waals surface area contributed by atoms with Crippen molar-refractivity contribution < 1.29 is 41.2 Å². The first-order valence-corrected chi connectivity index (χ1v) is 18.5. The third-order valence-electron chi connectivity index (χ3n) is 6.62. The summed E-state index contributed by atoms with van der Waals surface area (Å²) in [4.78, 5) is 28.2. The van der Waals surface area contributed by atoms with Crippen molar-refractivity contribution in [2.45, 2.75) is 65.6 Å². The Morgan fingerprint density at radius 1 is 0.922 bits per heavy atom. The van der Waals surface area contributed by atoms with Crippen molar-refractivity contribution >= 4 is 52.6 Å². The van der Waals surface area contributed by atoms with Gasteiger partial charge in [0.15, 0.2) is 16.6 Å². The largest absolute Gasteiger partial charge is 0.493 e. The number of ether oxygens (including phenoxy) is 2. The molecule has 2 aromatic heterocycles. The third-order valence-corrected chi connectivity index (χ3v) is 9.57. The molecule has 4 rings (SSSR count). The minimum absolute atomic E-state index is 0.0296. The van der Waals surface area contributed by atoms with E-state index in [1.807, 2.05) is 11.9 Å². The number of benzene rings is 2. The summed E-state index contributed by atoms with van der Waals surface area (Å²) in [5.74, 6) is -0.538. The van der Waals surface area contributed by atoms with Gasteiger partial charge in [-0.25, -0.2) is 28.3 Å². The van der Waals surface area contributed by atoms with Gasteiger partial charge in [0.05, 0.1) is 43.5 Å². The summed E-state index contributed by atoms with van der Waals surface area (Å²) in [5.41, 5.74) is -0.774. The van der Waals surface area contributed by atoms with Crippen LogP contribution in [0.15, 0.2) is 42.9 Å². The molecule has 2 heterocycles. The fraction of sp³-hybridized carbons (Fsp3) is 0.471. The number of nitrogens with zero attached hydrogens (tertiary/aromatic N) is 4. The molecule has 0 aliphatic heterocycles. The molecule has 4 aromatic rings. The smallest absolute Gasteiger partial charge is 0.475 e. The molecule has 0 aliphatic carbocycles. The molecule has 0 bridgehead atoms. The molecule has 0 atom stereocenters. The van der Waals surface area contributed by atoms with E-state index in [2.05, 4.69) is 25.6 Å². The highest BCUT2D eigenvalue weighted by molar-refractivity contribution is 7.48. The molecule has 2 aromatic carbocycles. The number of hydrogen-bond acceptors (Lipinski definition) is 13. The van der Waals surface area contributed by atoms with E-state index in [1.54, 1.807) is 67.0 Å². The third kappa shape index (κ3) is 13.0. The molecular formula is C34H45F2N6O7PS. The van der Waals surface area contributed by atoms with E-state index >= 15 is 0 Å². The van der Waals surface area contributed by atoms with Crippen molar-refractivity contribution in [2.75, 3.05) is 51.1 Å². The molecule has 1 amide bonds. The number of carbonyl (C=O) groups is 1. The van der Waals surface area contributed by atoms with Crippen molar-refractivity contribution in [1.29, 1.82) is 0 Å². The molecular weight excluding hydrogens is 705 g/mol. The normalized spacial score (nSPS) is 12.4. The maximum Gasteiger partial charge on any atom is 0.475 e.